The number of nitrogens with one attached hydrogen (secondary N) is 4. The fourth-order valence-electron chi connectivity index (χ4n) is 3.07. The van der Waals surface area contributed by atoms with Crippen LogP contribution in [0.5, 0.6) is 0 Å². The molecule has 31 heavy (non-hydrogen) atoms. The summed E-state index contributed by atoms with van der Waals surface area (Å²) in [6.07, 6.45) is 2.58. The van der Waals surface area contributed by atoms with E-state index in [1.165, 1.54) is 12.1 Å². The molecule has 1 aromatic heterocycles. The fraction of sp³-hybridized carbons (Fsp3) is 0.286. The molecule has 3 rings (SSSR count). The number of aromatic amines is 1. The molecule has 0 saturated heterocycles. The van der Waals surface area contributed by atoms with E-state index in [1.54, 1.807) is 13.1 Å². The van der Waals surface area contributed by atoms with Crippen LogP contribution < -0.4 is 15.4 Å². The zero-order valence-corrected chi connectivity index (χ0v) is 20.3. The number of guanidine groups is 1. The van der Waals surface area contributed by atoms with Gasteiger partial charge < -0.3 is 15.6 Å². The molecule has 1 heterocycles. The number of fused-ring (bicyclic) bond motifs is 1. The summed E-state index contributed by atoms with van der Waals surface area (Å²) in [4.78, 5) is 7.18. The average Bonchev–Trinajstić information content (AvgIpc) is 3.14. The third kappa shape index (κ3) is 7.78. The van der Waals surface area contributed by atoms with Crippen molar-refractivity contribution in [3.8, 4) is 0 Å². The van der Waals surface area contributed by atoms with E-state index in [-0.39, 0.29) is 48.6 Å². The van der Waals surface area contributed by atoms with E-state index in [2.05, 4.69) is 25.3 Å². The highest BCUT2D eigenvalue weighted by atomic mass is 127. The van der Waals surface area contributed by atoms with Gasteiger partial charge in [-0.3, -0.25) is 4.99 Å². The molecule has 2 aromatic carbocycles. The van der Waals surface area contributed by atoms with Crippen LogP contribution in [0, 0.1) is 5.82 Å². The standard InChI is InChI=1S/C21H26FN5O2S.HI/c1-23-21(24-10-9-17-15-26-20-13-18(22)7-8-19(17)20)25-11-12-30(28,29)27-14-16-5-3-2-4-6-16;/h2-8,13,15,26-27H,9-12,14H2,1H3,(H2,23,24,25);1H. The number of H-pyrrole nitrogens is 1. The Balaban J connectivity index is 0.00000341. The Labute approximate surface area is 199 Å². The van der Waals surface area contributed by atoms with Gasteiger partial charge in [-0.05, 0) is 35.7 Å². The first-order valence-corrected chi connectivity index (χ1v) is 11.3. The number of aromatic nitrogens is 1. The number of aliphatic imine (C=N–C) groups is 1. The average molecular weight is 559 g/mol. The van der Waals surface area contributed by atoms with E-state index in [1.807, 2.05) is 36.5 Å². The molecule has 10 heteroatoms. The first-order valence-electron chi connectivity index (χ1n) is 9.68. The van der Waals surface area contributed by atoms with Crippen LogP contribution in [0.4, 0.5) is 4.39 Å². The Kier molecular flexibility index (Phi) is 9.72. The first kappa shape index (κ1) is 25.1. The minimum absolute atomic E-state index is 0. The Morgan fingerprint density at radius 2 is 1.84 bits per heavy atom. The van der Waals surface area contributed by atoms with Gasteiger partial charge in [-0.1, -0.05) is 30.3 Å². The Bertz CT molecular complexity index is 1100. The highest BCUT2D eigenvalue weighted by Crippen LogP contribution is 2.19. The number of hydrogen-bond donors (Lipinski definition) is 4. The lowest BCUT2D eigenvalue weighted by Gasteiger charge is -2.12. The predicted octanol–water partition coefficient (Wildman–Crippen LogP) is 2.75. The summed E-state index contributed by atoms with van der Waals surface area (Å²) in [5, 5.41) is 7.16. The number of benzene rings is 2. The van der Waals surface area contributed by atoms with Gasteiger partial charge in [0.1, 0.15) is 5.82 Å². The van der Waals surface area contributed by atoms with Crippen LogP contribution in [0.3, 0.4) is 0 Å². The minimum atomic E-state index is -3.40. The summed E-state index contributed by atoms with van der Waals surface area (Å²) >= 11 is 0. The van der Waals surface area contributed by atoms with Gasteiger partial charge >= 0.3 is 0 Å². The Morgan fingerprint density at radius 1 is 1.10 bits per heavy atom. The summed E-state index contributed by atoms with van der Waals surface area (Å²) in [6.45, 7) is 1.10. The maximum Gasteiger partial charge on any atom is 0.213 e. The van der Waals surface area contributed by atoms with Crippen LogP contribution in [0.1, 0.15) is 11.1 Å². The zero-order chi connectivity index (χ0) is 21.4. The van der Waals surface area contributed by atoms with Crippen molar-refractivity contribution >= 4 is 50.9 Å². The first-order chi connectivity index (χ1) is 14.5. The third-order valence-corrected chi connectivity index (χ3v) is 5.97. The molecule has 0 amide bonds. The Morgan fingerprint density at radius 3 is 2.58 bits per heavy atom. The summed E-state index contributed by atoms with van der Waals surface area (Å²) in [7, 11) is -1.77. The number of halogens is 2. The van der Waals surface area contributed by atoms with Crippen LogP contribution >= 0.6 is 24.0 Å². The summed E-state index contributed by atoms with van der Waals surface area (Å²) in [5.74, 6) is 0.195. The second-order valence-corrected chi connectivity index (χ2v) is 8.73. The highest BCUT2D eigenvalue weighted by molar-refractivity contribution is 14.0. The van der Waals surface area contributed by atoms with Crippen LogP contribution in [-0.2, 0) is 23.0 Å². The van der Waals surface area contributed by atoms with Crippen molar-refractivity contribution in [1.82, 2.24) is 20.3 Å². The molecule has 0 spiro atoms. The SMILES string of the molecule is CN=C(NCCc1c[nH]c2cc(F)ccc12)NCCS(=O)(=O)NCc1ccccc1.I. The molecule has 168 valence electrons. The van der Waals surface area contributed by atoms with Gasteiger partial charge in [0, 0.05) is 43.8 Å². The van der Waals surface area contributed by atoms with Gasteiger partial charge in [-0.15, -0.1) is 24.0 Å². The summed E-state index contributed by atoms with van der Waals surface area (Å²) in [5.41, 5.74) is 2.74. The van der Waals surface area contributed by atoms with E-state index in [0.717, 1.165) is 22.0 Å². The van der Waals surface area contributed by atoms with Crippen LogP contribution in [0.2, 0.25) is 0 Å². The van der Waals surface area contributed by atoms with E-state index < -0.39 is 10.0 Å². The normalized spacial score (nSPS) is 11.9. The maximum absolute atomic E-state index is 13.3. The van der Waals surface area contributed by atoms with Gasteiger partial charge in [0.05, 0.1) is 5.75 Å². The lowest BCUT2D eigenvalue weighted by atomic mass is 10.1. The largest absolute Gasteiger partial charge is 0.361 e. The maximum atomic E-state index is 13.3. The van der Waals surface area contributed by atoms with Gasteiger partial charge in [-0.2, -0.15) is 0 Å². The van der Waals surface area contributed by atoms with E-state index in [4.69, 9.17) is 0 Å². The van der Waals surface area contributed by atoms with Crippen molar-refractivity contribution < 1.29 is 12.8 Å². The summed E-state index contributed by atoms with van der Waals surface area (Å²) in [6, 6.07) is 14.0. The molecule has 4 N–H and O–H groups in total. The topological polar surface area (TPSA) is 98.4 Å². The molecule has 0 aliphatic carbocycles. The van der Waals surface area contributed by atoms with Crippen LogP contribution in [0.15, 0.2) is 59.7 Å². The molecule has 7 nitrogen and oxygen atoms in total. The third-order valence-electron chi connectivity index (χ3n) is 4.64. The second kappa shape index (κ2) is 12.0. The molecule has 0 unspecified atom stereocenters. The zero-order valence-electron chi connectivity index (χ0n) is 17.2. The quantitative estimate of drug-likeness (QED) is 0.184. The molecular weight excluding hydrogens is 532 g/mol. The van der Waals surface area contributed by atoms with E-state index >= 15 is 0 Å². The molecule has 0 bridgehead atoms. The minimum Gasteiger partial charge on any atom is -0.361 e. The lowest BCUT2D eigenvalue weighted by molar-refractivity contribution is 0.580. The molecule has 0 saturated carbocycles. The van der Waals surface area contributed by atoms with E-state index in [0.29, 0.717) is 18.9 Å². The van der Waals surface area contributed by atoms with E-state index in [9.17, 15) is 12.8 Å². The van der Waals surface area contributed by atoms with Gasteiger partial charge in [0.25, 0.3) is 0 Å². The fourth-order valence-corrected chi connectivity index (χ4v) is 3.97. The number of sulfonamides is 1. The monoisotopic (exact) mass is 559 g/mol. The van der Waals surface area contributed by atoms with Gasteiger partial charge in [0.15, 0.2) is 5.96 Å². The smallest absolute Gasteiger partial charge is 0.213 e. The summed E-state index contributed by atoms with van der Waals surface area (Å²) < 4.78 is 40.2. The van der Waals surface area contributed by atoms with Crippen LogP contribution in [-0.4, -0.2) is 45.3 Å². The van der Waals surface area contributed by atoms with Crippen molar-refractivity contribution in [3.05, 3.63) is 71.7 Å². The number of nitrogens with zero attached hydrogens (tertiary/aromatic N) is 1. The highest BCUT2D eigenvalue weighted by Gasteiger charge is 2.10. The molecule has 3 aromatic rings. The van der Waals surface area contributed by atoms with Crippen molar-refractivity contribution in [3.63, 3.8) is 0 Å². The van der Waals surface area contributed by atoms with Crippen LogP contribution in [0.25, 0.3) is 10.9 Å². The molecule has 0 atom stereocenters. The number of hydrogen-bond acceptors (Lipinski definition) is 3. The van der Waals surface area contributed by atoms with Crippen molar-refractivity contribution in [1.29, 1.82) is 0 Å². The predicted molar refractivity (Wildman–Crippen MR) is 134 cm³/mol. The molecule has 0 aliphatic rings. The molecular formula is C21H27FIN5O2S. The molecule has 0 aliphatic heterocycles. The van der Waals surface area contributed by atoms with Crippen molar-refractivity contribution in [2.24, 2.45) is 4.99 Å². The molecule has 0 fully saturated rings. The van der Waals surface area contributed by atoms with Gasteiger partial charge in [-0.25, -0.2) is 17.5 Å². The lowest BCUT2D eigenvalue weighted by Crippen LogP contribution is -2.41. The van der Waals surface area contributed by atoms with Crippen molar-refractivity contribution in [2.45, 2.75) is 13.0 Å². The Hall–Kier alpha value is -2.18. The number of rotatable bonds is 9. The van der Waals surface area contributed by atoms with Crippen molar-refractivity contribution in [2.75, 3.05) is 25.9 Å². The molecule has 0 radical (unpaired) electrons. The second-order valence-electron chi connectivity index (χ2n) is 6.81. The van der Waals surface area contributed by atoms with Gasteiger partial charge in [0.2, 0.25) is 10.0 Å².